The summed E-state index contributed by atoms with van der Waals surface area (Å²) >= 11 is 0. The predicted octanol–water partition coefficient (Wildman–Crippen LogP) is 0.870. The second-order valence-electron chi connectivity index (χ2n) is 5.12. The molecule has 1 aliphatic heterocycles. The van der Waals surface area contributed by atoms with Crippen molar-refractivity contribution in [3.05, 3.63) is 39.9 Å². The molecular formula is C13H15N3O5S. The summed E-state index contributed by atoms with van der Waals surface area (Å²) < 4.78 is 22.6. The monoisotopic (exact) mass is 325 g/mol. The molecule has 118 valence electrons. The number of nitro benzene ring substituents is 1. The Morgan fingerprint density at radius 1 is 1.50 bits per heavy atom. The van der Waals surface area contributed by atoms with Gasteiger partial charge in [0.25, 0.3) is 5.69 Å². The molecule has 9 heteroatoms. The van der Waals surface area contributed by atoms with Gasteiger partial charge in [0.15, 0.2) is 9.84 Å². The Labute approximate surface area is 127 Å². The van der Waals surface area contributed by atoms with Crippen molar-refractivity contribution in [2.24, 2.45) is 11.0 Å². The Balaban J connectivity index is 1.86. The van der Waals surface area contributed by atoms with Crippen molar-refractivity contribution >= 4 is 27.6 Å². The van der Waals surface area contributed by atoms with Crippen LogP contribution in [0.3, 0.4) is 0 Å². The van der Waals surface area contributed by atoms with Gasteiger partial charge in [0.1, 0.15) is 0 Å². The predicted molar refractivity (Wildman–Crippen MR) is 80.2 cm³/mol. The van der Waals surface area contributed by atoms with Crippen molar-refractivity contribution in [3.8, 4) is 0 Å². The minimum Gasteiger partial charge on any atom is -0.273 e. The highest BCUT2D eigenvalue weighted by Gasteiger charge is 2.29. The topological polar surface area (TPSA) is 119 Å². The van der Waals surface area contributed by atoms with Crippen molar-refractivity contribution in [3.63, 3.8) is 0 Å². The SMILES string of the molecule is O=C(C[C@H]1CCS(=O)(=O)C1)N/N=C\c1cccc([N+](=O)[O-])c1. The molecule has 1 aliphatic rings. The lowest BCUT2D eigenvalue weighted by atomic mass is 10.1. The van der Waals surface area contributed by atoms with Crippen LogP contribution in [0.4, 0.5) is 5.69 Å². The van der Waals surface area contributed by atoms with Gasteiger partial charge in [0.05, 0.1) is 22.6 Å². The van der Waals surface area contributed by atoms with Crippen LogP contribution in [0, 0.1) is 16.0 Å². The van der Waals surface area contributed by atoms with Crippen LogP contribution in [-0.4, -0.2) is 37.0 Å². The largest absolute Gasteiger partial charge is 0.273 e. The summed E-state index contributed by atoms with van der Waals surface area (Å²) in [7, 11) is -3.00. The Morgan fingerprint density at radius 3 is 2.91 bits per heavy atom. The molecule has 22 heavy (non-hydrogen) atoms. The first-order chi connectivity index (χ1) is 10.4. The molecule has 1 saturated heterocycles. The maximum atomic E-state index is 11.6. The molecule has 0 aromatic heterocycles. The summed E-state index contributed by atoms with van der Waals surface area (Å²) in [5.74, 6) is -0.376. The van der Waals surface area contributed by atoms with Gasteiger partial charge in [-0.1, -0.05) is 12.1 Å². The van der Waals surface area contributed by atoms with E-state index in [1.54, 1.807) is 6.07 Å². The number of non-ortho nitro benzene ring substituents is 1. The van der Waals surface area contributed by atoms with E-state index in [4.69, 9.17) is 0 Å². The number of benzene rings is 1. The number of hydrazone groups is 1. The zero-order valence-electron chi connectivity index (χ0n) is 11.6. The summed E-state index contributed by atoms with van der Waals surface area (Å²) in [6, 6.07) is 5.83. The number of nitro groups is 1. The number of carbonyl (C=O) groups is 1. The summed E-state index contributed by atoms with van der Waals surface area (Å²) in [5, 5.41) is 14.3. The number of hydrogen-bond donors (Lipinski definition) is 1. The third-order valence-corrected chi connectivity index (χ3v) is 5.12. The first kappa shape index (κ1) is 16.1. The third-order valence-electron chi connectivity index (χ3n) is 3.28. The summed E-state index contributed by atoms with van der Waals surface area (Å²) in [6.45, 7) is 0. The van der Waals surface area contributed by atoms with E-state index in [0.717, 1.165) is 0 Å². The molecule has 8 nitrogen and oxygen atoms in total. The van der Waals surface area contributed by atoms with Gasteiger partial charge in [0.2, 0.25) is 5.91 Å². The molecule has 1 atom stereocenters. The molecule has 1 aromatic rings. The van der Waals surface area contributed by atoms with Gasteiger partial charge >= 0.3 is 0 Å². The molecule has 0 saturated carbocycles. The van der Waals surface area contributed by atoms with Gasteiger partial charge in [-0.3, -0.25) is 14.9 Å². The highest BCUT2D eigenvalue weighted by molar-refractivity contribution is 7.91. The fourth-order valence-corrected chi connectivity index (χ4v) is 4.10. The minimum atomic E-state index is -3.00. The van der Waals surface area contributed by atoms with E-state index in [1.165, 1.54) is 24.4 Å². The number of amides is 1. The van der Waals surface area contributed by atoms with E-state index >= 15 is 0 Å². The van der Waals surface area contributed by atoms with Crippen LogP contribution in [-0.2, 0) is 14.6 Å². The fourth-order valence-electron chi connectivity index (χ4n) is 2.24. The summed E-state index contributed by atoms with van der Waals surface area (Å²) in [6.07, 6.45) is 1.89. The normalized spacial score (nSPS) is 20.1. The van der Waals surface area contributed by atoms with Crippen LogP contribution < -0.4 is 5.43 Å². The van der Waals surface area contributed by atoms with Crippen molar-refractivity contribution in [1.82, 2.24) is 5.43 Å². The van der Waals surface area contributed by atoms with E-state index in [9.17, 15) is 23.3 Å². The van der Waals surface area contributed by atoms with Crippen LogP contribution in [0.25, 0.3) is 0 Å². The molecule has 0 radical (unpaired) electrons. The lowest BCUT2D eigenvalue weighted by molar-refractivity contribution is -0.384. The highest BCUT2D eigenvalue weighted by atomic mass is 32.2. The quantitative estimate of drug-likeness (QED) is 0.489. The van der Waals surface area contributed by atoms with Crippen LogP contribution in [0.5, 0.6) is 0 Å². The third kappa shape index (κ3) is 4.62. The zero-order chi connectivity index (χ0) is 16.2. The minimum absolute atomic E-state index is 0.0367. The number of hydrogen-bond acceptors (Lipinski definition) is 6. The number of carbonyl (C=O) groups excluding carboxylic acids is 1. The lowest BCUT2D eigenvalue weighted by Gasteiger charge is -2.05. The molecular weight excluding hydrogens is 310 g/mol. The van der Waals surface area contributed by atoms with Crippen molar-refractivity contribution in [2.75, 3.05) is 11.5 Å². The fraction of sp³-hybridized carbons (Fsp3) is 0.385. The van der Waals surface area contributed by atoms with Gasteiger partial charge in [0, 0.05) is 24.1 Å². The van der Waals surface area contributed by atoms with Crippen LogP contribution in [0.2, 0.25) is 0 Å². The second-order valence-corrected chi connectivity index (χ2v) is 7.35. The Morgan fingerprint density at radius 2 is 2.27 bits per heavy atom. The number of rotatable bonds is 5. The smallest absolute Gasteiger partial charge is 0.270 e. The average Bonchev–Trinajstić information content (AvgIpc) is 2.78. The van der Waals surface area contributed by atoms with Crippen LogP contribution in [0.15, 0.2) is 29.4 Å². The van der Waals surface area contributed by atoms with Crippen molar-refractivity contribution < 1.29 is 18.1 Å². The summed E-state index contributed by atoms with van der Waals surface area (Å²) in [4.78, 5) is 21.8. The Kier molecular flexibility index (Phi) is 4.86. The van der Waals surface area contributed by atoms with Gasteiger partial charge in [-0.25, -0.2) is 13.8 Å². The first-order valence-electron chi connectivity index (χ1n) is 6.62. The van der Waals surface area contributed by atoms with Crippen molar-refractivity contribution in [2.45, 2.75) is 12.8 Å². The van der Waals surface area contributed by atoms with E-state index in [1.807, 2.05) is 0 Å². The first-order valence-corrected chi connectivity index (χ1v) is 8.45. The van der Waals surface area contributed by atoms with Crippen LogP contribution in [0.1, 0.15) is 18.4 Å². The molecule has 0 spiro atoms. The van der Waals surface area contributed by atoms with E-state index < -0.39 is 14.8 Å². The lowest BCUT2D eigenvalue weighted by Crippen LogP contribution is -2.21. The van der Waals surface area contributed by atoms with Gasteiger partial charge in [-0.2, -0.15) is 5.10 Å². The molecule has 1 heterocycles. The summed E-state index contributed by atoms with van der Waals surface area (Å²) in [5.41, 5.74) is 2.72. The average molecular weight is 325 g/mol. The molecule has 1 fully saturated rings. The molecule has 0 bridgehead atoms. The standard InChI is InChI=1S/C13H15N3O5S/c17-13(7-11-4-5-22(20,21)9-11)15-14-8-10-2-1-3-12(6-10)16(18)19/h1-3,6,8,11H,4-5,7,9H2,(H,15,17)/b14-8-/t11-/m1/s1. The highest BCUT2D eigenvalue weighted by Crippen LogP contribution is 2.21. The van der Waals surface area contributed by atoms with Gasteiger partial charge in [-0.05, 0) is 12.3 Å². The molecule has 1 aromatic carbocycles. The molecule has 1 amide bonds. The number of nitrogens with zero attached hydrogens (tertiary/aromatic N) is 2. The van der Waals surface area contributed by atoms with Crippen molar-refractivity contribution in [1.29, 1.82) is 0 Å². The Bertz CT molecular complexity index is 714. The van der Waals surface area contributed by atoms with E-state index in [-0.39, 0.29) is 35.4 Å². The zero-order valence-corrected chi connectivity index (χ0v) is 12.5. The second kappa shape index (κ2) is 6.65. The molecule has 2 rings (SSSR count). The molecule has 0 unspecified atom stereocenters. The maximum absolute atomic E-state index is 11.6. The molecule has 1 N–H and O–H groups in total. The Hall–Kier alpha value is -2.29. The van der Waals surface area contributed by atoms with E-state index in [0.29, 0.717) is 12.0 Å². The van der Waals surface area contributed by atoms with E-state index in [2.05, 4.69) is 10.5 Å². The van der Waals surface area contributed by atoms with Gasteiger partial charge < -0.3 is 0 Å². The maximum Gasteiger partial charge on any atom is 0.270 e. The number of nitrogens with one attached hydrogen (secondary N) is 1. The van der Waals surface area contributed by atoms with Crippen LogP contribution >= 0.6 is 0 Å². The van der Waals surface area contributed by atoms with Gasteiger partial charge in [-0.15, -0.1) is 0 Å². The molecule has 0 aliphatic carbocycles. The number of sulfone groups is 1.